The third kappa shape index (κ3) is 5.67. The highest BCUT2D eigenvalue weighted by Gasteiger charge is 2.23. The number of hydrogen-bond donors (Lipinski definition) is 2. The maximum Gasteiger partial charge on any atom is 0.229 e. The van der Waals surface area contributed by atoms with E-state index in [9.17, 15) is 4.79 Å². The fourth-order valence-electron chi connectivity index (χ4n) is 4.02. The number of ether oxygens (including phenoxy) is 1. The summed E-state index contributed by atoms with van der Waals surface area (Å²) in [7, 11) is 2.13. The molecular formula is C21H31ClN8O2. The number of hydrogen-bond acceptors (Lipinski definition) is 8. The zero-order valence-electron chi connectivity index (χ0n) is 18.7. The zero-order chi connectivity index (χ0) is 22.5. The van der Waals surface area contributed by atoms with Gasteiger partial charge in [-0.15, -0.1) is 0 Å². The summed E-state index contributed by atoms with van der Waals surface area (Å²) in [6, 6.07) is 0.389. The van der Waals surface area contributed by atoms with Crippen LogP contribution in [0.1, 0.15) is 31.0 Å². The molecule has 0 aromatic carbocycles. The van der Waals surface area contributed by atoms with Crippen molar-refractivity contribution in [3.63, 3.8) is 0 Å². The molecule has 11 heteroatoms. The van der Waals surface area contributed by atoms with Crippen molar-refractivity contribution in [1.82, 2.24) is 29.5 Å². The summed E-state index contributed by atoms with van der Waals surface area (Å²) in [5.74, 6) is 1.18. The Hall–Kier alpha value is -2.43. The predicted octanol–water partition coefficient (Wildman–Crippen LogP) is 2.31. The maximum atomic E-state index is 12.0. The highest BCUT2D eigenvalue weighted by atomic mass is 35.5. The van der Waals surface area contributed by atoms with Crippen LogP contribution in [-0.2, 0) is 9.53 Å². The van der Waals surface area contributed by atoms with Gasteiger partial charge in [0, 0.05) is 32.4 Å². The number of anilines is 3. The van der Waals surface area contributed by atoms with Gasteiger partial charge in [-0.25, -0.2) is 4.98 Å². The van der Waals surface area contributed by atoms with E-state index in [4.69, 9.17) is 16.3 Å². The first-order valence-corrected chi connectivity index (χ1v) is 11.5. The number of halogens is 1. The molecule has 0 saturated carbocycles. The number of rotatable bonds is 8. The van der Waals surface area contributed by atoms with Crippen molar-refractivity contribution >= 4 is 35.0 Å². The molecule has 32 heavy (non-hydrogen) atoms. The van der Waals surface area contributed by atoms with Gasteiger partial charge in [-0.2, -0.15) is 10.1 Å². The van der Waals surface area contributed by atoms with Crippen LogP contribution in [0.3, 0.4) is 0 Å². The van der Waals surface area contributed by atoms with Crippen LogP contribution in [0.2, 0.25) is 5.02 Å². The van der Waals surface area contributed by atoms with E-state index in [0.717, 1.165) is 37.3 Å². The van der Waals surface area contributed by atoms with Crippen molar-refractivity contribution in [2.75, 3.05) is 63.6 Å². The van der Waals surface area contributed by atoms with Gasteiger partial charge in [-0.05, 0) is 33.4 Å². The van der Waals surface area contributed by atoms with Crippen molar-refractivity contribution < 1.29 is 9.53 Å². The minimum absolute atomic E-state index is 0.147. The molecule has 174 valence electrons. The fourth-order valence-corrected chi connectivity index (χ4v) is 4.18. The van der Waals surface area contributed by atoms with Gasteiger partial charge >= 0.3 is 0 Å². The number of nitrogens with one attached hydrogen (secondary N) is 2. The standard InChI is InChI=1S/C21H31ClN8O2/c1-15-18(14-30(27-15)16-4-8-28(2)13-16)25-21-24-12-17(22)20(26-21)23-6-3-7-29-9-11-32-10-5-19(29)31/h12,14,16H,3-11,13H2,1-2H3,(H2,23,24,25,26)/t16-/m1/s1. The Kier molecular flexibility index (Phi) is 7.44. The Balaban J connectivity index is 1.32. The molecule has 2 N–H and O–H groups in total. The number of amides is 1. The van der Waals surface area contributed by atoms with Crippen LogP contribution < -0.4 is 10.6 Å². The molecule has 10 nitrogen and oxygen atoms in total. The second kappa shape index (κ2) is 10.5. The van der Waals surface area contributed by atoms with Crippen LogP contribution in [-0.4, -0.2) is 88.4 Å². The SMILES string of the molecule is Cc1nn([C@@H]2CCN(C)C2)cc1Nc1ncc(Cl)c(NCCCN2CCOCCC2=O)n1. The lowest BCUT2D eigenvalue weighted by Gasteiger charge is -2.19. The molecule has 2 aromatic rings. The fraction of sp³-hybridized carbons (Fsp3) is 0.619. The lowest BCUT2D eigenvalue weighted by atomic mass is 10.3. The minimum Gasteiger partial charge on any atom is -0.379 e. The van der Waals surface area contributed by atoms with Crippen LogP contribution in [0.4, 0.5) is 17.5 Å². The van der Waals surface area contributed by atoms with Gasteiger partial charge in [0.2, 0.25) is 11.9 Å². The number of carbonyl (C=O) groups is 1. The molecule has 2 aromatic heterocycles. The van der Waals surface area contributed by atoms with Gasteiger partial charge in [-0.3, -0.25) is 9.48 Å². The summed E-state index contributed by atoms with van der Waals surface area (Å²) in [4.78, 5) is 25.1. The number of aryl methyl sites for hydroxylation is 1. The summed E-state index contributed by atoms with van der Waals surface area (Å²) in [6.45, 7) is 7.14. The van der Waals surface area contributed by atoms with Gasteiger partial charge in [0.15, 0.2) is 0 Å². The van der Waals surface area contributed by atoms with Gasteiger partial charge in [0.1, 0.15) is 10.8 Å². The lowest BCUT2D eigenvalue weighted by molar-refractivity contribution is -0.130. The van der Waals surface area contributed by atoms with Gasteiger partial charge in [-0.1, -0.05) is 11.6 Å². The number of nitrogens with zero attached hydrogens (tertiary/aromatic N) is 6. The molecule has 0 bridgehead atoms. The summed E-state index contributed by atoms with van der Waals surface area (Å²) in [5, 5.41) is 11.7. The average Bonchev–Trinajstić information content (AvgIpc) is 3.30. The Morgan fingerprint density at radius 2 is 2.19 bits per heavy atom. The smallest absolute Gasteiger partial charge is 0.229 e. The van der Waals surface area contributed by atoms with Gasteiger partial charge < -0.3 is 25.2 Å². The number of aromatic nitrogens is 4. The van der Waals surface area contributed by atoms with E-state index >= 15 is 0 Å². The van der Waals surface area contributed by atoms with Crippen molar-refractivity contribution in [1.29, 1.82) is 0 Å². The molecule has 0 radical (unpaired) electrons. The summed E-state index contributed by atoms with van der Waals surface area (Å²) < 4.78 is 7.40. The Morgan fingerprint density at radius 1 is 1.31 bits per heavy atom. The molecule has 2 fully saturated rings. The van der Waals surface area contributed by atoms with Crippen LogP contribution in [0.25, 0.3) is 0 Å². The molecule has 4 heterocycles. The second-order valence-electron chi connectivity index (χ2n) is 8.35. The van der Waals surface area contributed by atoms with Crippen LogP contribution in [0.5, 0.6) is 0 Å². The van der Waals surface area contributed by atoms with Crippen LogP contribution >= 0.6 is 11.6 Å². The van der Waals surface area contributed by atoms with Crippen molar-refractivity contribution in [2.24, 2.45) is 0 Å². The van der Waals surface area contributed by atoms with E-state index < -0.39 is 0 Å². The molecular weight excluding hydrogens is 432 g/mol. The van der Waals surface area contributed by atoms with Crippen molar-refractivity contribution in [3.05, 3.63) is 23.1 Å². The third-order valence-electron chi connectivity index (χ3n) is 5.86. The average molecular weight is 463 g/mol. The first-order valence-electron chi connectivity index (χ1n) is 11.1. The highest BCUT2D eigenvalue weighted by Crippen LogP contribution is 2.26. The van der Waals surface area contributed by atoms with E-state index in [1.165, 1.54) is 0 Å². The molecule has 0 aliphatic carbocycles. The number of carbonyl (C=O) groups excluding carboxylic acids is 1. The molecule has 2 saturated heterocycles. The topological polar surface area (TPSA) is 100 Å². The van der Waals surface area contributed by atoms with E-state index in [-0.39, 0.29) is 5.91 Å². The van der Waals surface area contributed by atoms with Gasteiger partial charge in [0.25, 0.3) is 0 Å². The largest absolute Gasteiger partial charge is 0.379 e. The Morgan fingerprint density at radius 3 is 3.00 bits per heavy atom. The summed E-state index contributed by atoms with van der Waals surface area (Å²) >= 11 is 6.29. The highest BCUT2D eigenvalue weighted by molar-refractivity contribution is 6.32. The Bertz CT molecular complexity index is 937. The first kappa shape index (κ1) is 22.8. The third-order valence-corrected chi connectivity index (χ3v) is 6.14. The summed E-state index contributed by atoms with van der Waals surface area (Å²) in [5.41, 5.74) is 1.79. The van der Waals surface area contributed by atoms with Crippen molar-refractivity contribution in [3.8, 4) is 0 Å². The molecule has 0 spiro atoms. The number of likely N-dealkylation sites (tertiary alicyclic amines) is 1. The molecule has 4 rings (SSSR count). The summed E-state index contributed by atoms with van der Waals surface area (Å²) in [6.07, 6.45) is 5.94. The van der Waals surface area contributed by atoms with Crippen molar-refractivity contribution in [2.45, 2.75) is 32.2 Å². The van der Waals surface area contributed by atoms with Gasteiger partial charge in [0.05, 0.1) is 43.3 Å². The predicted molar refractivity (Wildman–Crippen MR) is 124 cm³/mol. The van der Waals surface area contributed by atoms with E-state index in [1.807, 2.05) is 22.7 Å². The Labute approximate surface area is 193 Å². The van der Waals surface area contributed by atoms with Crippen LogP contribution in [0.15, 0.2) is 12.4 Å². The van der Waals surface area contributed by atoms with E-state index in [2.05, 4.69) is 37.6 Å². The number of likely N-dealkylation sites (N-methyl/N-ethyl adjacent to an activating group) is 1. The monoisotopic (exact) mass is 462 g/mol. The lowest BCUT2D eigenvalue weighted by Crippen LogP contribution is -2.33. The first-order chi connectivity index (χ1) is 15.5. The molecule has 1 amide bonds. The van der Waals surface area contributed by atoms with E-state index in [0.29, 0.717) is 62.1 Å². The molecule has 1 atom stereocenters. The van der Waals surface area contributed by atoms with E-state index in [1.54, 1.807) is 6.20 Å². The van der Waals surface area contributed by atoms with Crippen LogP contribution in [0, 0.1) is 6.92 Å². The second-order valence-corrected chi connectivity index (χ2v) is 8.76. The molecule has 2 aliphatic heterocycles. The zero-order valence-corrected chi connectivity index (χ0v) is 19.4. The minimum atomic E-state index is 0.147. The quantitative estimate of drug-likeness (QED) is 0.576. The maximum absolute atomic E-state index is 12.0. The molecule has 0 unspecified atom stereocenters. The normalized spacial score (nSPS) is 19.9. The molecule has 2 aliphatic rings.